The van der Waals surface area contributed by atoms with E-state index in [1.807, 2.05) is 18.2 Å². The second-order valence-electron chi connectivity index (χ2n) is 5.58. The monoisotopic (exact) mass is 313 g/mol. The number of hydrogen-bond donors (Lipinski definition) is 1. The molecular weight excluding hydrogens is 294 g/mol. The summed E-state index contributed by atoms with van der Waals surface area (Å²) in [5.41, 5.74) is 0.932. The maximum Gasteiger partial charge on any atom is 0.270 e. The number of nitrogens with one attached hydrogen (secondary N) is 1. The number of H-pyrrole nitrogens is 1. The molecule has 0 aromatic carbocycles. The fraction of sp³-hybridized carbons (Fsp3) is 0.353. The van der Waals surface area contributed by atoms with Crippen LogP contribution < -0.4 is 5.56 Å². The van der Waals surface area contributed by atoms with E-state index in [-0.39, 0.29) is 17.6 Å². The zero-order valence-corrected chi connectivity index (χ0v) is 12.8. The first-order valence-corrected chi connectivity index (χ1v) is 7.72. The smallest absolute Gasteiger partial charge is 0.270 e. The minimum atomic E-state index is -0.268. The molecule has 0 bridgehead atoms. The lowest BCUT2D eigenvalue weighted by Gasteiger charge is -2.32. The third kappa shape index (κ3) is 4.04. The molecule has 1 aliphatic heterocycles. The summed E-state index contributed by atoms with van der Waals surface area (Å²) in [4.78, 5) is 32.3. The summed E-state index contributed by atoms with van der Waals surface area (Å²) < 4.78 is 5.88. The average molecular weight is 313 g/mol. The van der Waals surface area contributed by atoms with E-state index in [0.717, 1.165) is 18.5 Å². The summed E-state index contributed by atoms with van der Waals surface area (Å²) in [5, 5.41) is 0. The number of aromatic nitrogens is 2. The number of nitrogens with zero attached hydrogens (tertiary/aromatic N) is 2. The van der Waals surface area contributed by atoms with Crippen LogP contribution in [0.1, 0.15) is 29.0 Å². The molecule has 6 heteroatoms. The van der Waals surface area contributed by atoms with Gasteiger partial charge in [-0.15, -0.1) is 0 Å². The van der Waals surface area contributed by atoms with Crippen LogP contribution in [0.25, 0.3) is 0 Å². The van der Waals surface area contributed by atoms with Gasteiger partial charge in [0.1, 0.15) is 5.69 Å². The van der Waals surface area contributed by atoms with Crippen molar-refractivity contribution in [3.63, 3.8) is 0 Å². The largest absolute Gasteiger partial charge is 0.370 e. The number of piperidine rings is 1. The van der Waals surface area contributed by atoms with Gasteiger partial charge in [-0.1, -0.05) is 12.1 Å². The SMILES string of the molecule is O=C(c1cccc(=O)[nH]1)N1CCC[C@H](OCc2ccccn2)C1. The Morgan fingerprint density at radius 3 is 3.00 bits per heavy atom. The highest BCUT2D eigenvalue weighted by molar-refractivity contribution is 5.92. The number of rotatable bonds is 4. The van der Waals surface area contributed by atoms with Crippen molar-refractivity contribution >= 4 is 5.91 Å². The topological polar surface area (TPSA) is 75.3 Å². The van der Waals surface area contributed by atoms with E-state index in [9.17, 15) is 9.59 Å². The lowest BCUT2D eigenvalue weighted by Crippen LogP contribution is -2.43. The van der Waals surface area contributed by atoms with Crippen molar-refractivity contribution in [2.45, 2.75) is 25.6 Å². The van der Waals surface area contributed by atoms with E-state index in [1.165, 1.54) is 6.07 Å². The lowest BCUT2D eigenvalue weighted by atomic mass is 10.1. The maximum absolute atomic E-state index is 12.5. The fourth-order valence-corrected chi connectivity index (χ4v) is 2.69. The maximum atomic E-state index is 12.5. The van der Waals surface area contributed by atoms with Gasteiger partial charge in [0.2, 0.25) is 5.56 Å². The van der Waals surface area contributed by atoms with Gasteiger partial charge in [0.25, 0.3) is 5.91 Å². The van der Waals surface area contributed by atoms with Gasteiger partial charge in [0, 0.05) is 25.4 Å². The van der Waals surface area contributed by atoms with Gasteiger partial charge in [0.05, 0.1) is 18.4 Å². The van der Waals surface area contributed by atoms with Crippen LogP contribution in [-0.2, 0) is 11.3 Å². The Morgan fingerprint density at radius 1 is 1.30 bits per heavy atom. The first-order valence-electron chi connectivity index (χ1n) is 7.72. The molecule has 1 amide bonds. The van der Waals surface area contributed by atoms with Gasteiger partial charge in [0.15, 0.2) is 0 Å². The molecule has 1 atom stereocenters. The molecule has 0 radical (unpaired) electrons. The molecule has 1 aliphatic rings. The molecule has 2 aromatic rings. The Hall–Kier alpha value is -2.47. The van der Waals surface area contributed by atoms with Gasteiger partial charge >= 0.3 is 0 Å². The highest BCUT2D eigenvalue weighted by Crippen LogP contribution is 2.16. The Labute approximate surface area is 134 Å². The molecule has 0 aliphatic carbocycles. The molecule has 0 saturated carbocycles. The normalized spacial score (nSPS) is 17.9. The summed E-state index contributed by atoms with van der Waals surface area (Å²) in [6.07, 6.45) is 3.53. The molecule has 0 unspecified atom stereocenters. The fourth-order valence-electron chi connectivity index (χ4n) is 2.69. The lowest BCUT2D eigenvalue weighted by molar-refractivity contribution is -0.00801. The number of pyridine rings is 2. The van der Waals surface area contributed by atoms with Gasteiger partial charge in [-0.25, -0.2) is 0 Å². The van der Waals surface area contributed by atoms with Gasteiger partial charge in [-0.05, 0) is 31.0 Å². The third-order valence-corrected chi connectivity index (χ3v) is 3.86. The van der Waals surface area contributed by atoms with Crippen LogP contribution in [0.15, 0.2) is 47.4 Å². The average Bonchev–Trinajstić information content (AvgIpc) is 2.60. The van der Waals surface area contributed by atoms with E-state index in [4.69, 9.17) is 4.74 Å². The number of carbonyl (C=O) groups is 1. The van der Waals surface area contributed by atoms with Crippen molar-refractivity contribution in [2.24, 2.45) is 0 Å². The number of likely N-dealkylation sites (tertiary alicyclic amines) is 1. The van der Waals surface area contributed by atoms with Crippen LogP contribution in [0.5, 0.6) is 0 Å². The Morgan fingerprint density at radius 2 is 2.22 bits per heavy atom. The summed E-state index contributed by atoms with van der Waals surface area (Å²) in [7, 11) is 0. The van der Waals surface area contributed by atoms with Crippen molar-refractivity contribution in [2.75, 3.05) is 13.1 Å². The van der Waals surface area contributed by atoms with Gasteiger partial charge in [-0.3, -0.25) is 14.6 Å². The second kappa shape index (κ2) is 7.19. The molecule has 1 N–H and O–H groups in total. The zero-order valence-electron chi connectivity index (χ0n) is 12.8. The molecule has 1 fully saturated rings. The molecule has 23 heavy (non-hydrogen) atoms. The van der Waals surface area contributed by atoms with Crippen LogP contribution in [0, 0.1) is 0 Å². The summed E-state index contributed by atoms with van der Waals surface area (Å²) in [6.45, 7) is 1.65. The summed E-state index contributed by atoms with van der Waals surface area (Å²) in [6, 6.07) is 10.3. The first-order chi connectivity index (χ1) is 11.2. The Bertz CT molecular complexity index is 714. The number of hydrogen-bond acceptors (Lipinski definition) is 4. The molecule has 1 saturated heterocycles. The number of carbonyl (C=O) groups excluding carboxylic acids is 1. The molecule has 2 aromatic heterocycles. The second-order valence-corrected chi connectivity index (χ2v) is 5.58. The van der Waals surface area contributed by atoms with Crippen molar-refractivity contribution in [3.05, 3.63) is 64.3 Å². The third-order valence-electron chi connectivity index (χ3n) is 3.86. The number of amides is 1. The van der Waals surface area contributed by atoms with Crippen LogP contribution in [-0.4, -0.2) is 40.0 Å². The Balaban J connectivity index is 1.59. The molecule has 0 spiro atoms. The van der Waals surface area contributed by atoms with Crippen LogP contribution in [0.2, 0.25) is 0 Å². The molecule has 3 heterocycles. The first kappa shape index (κ1) is 15.4. The minimum absolute atomic E-state index is 0.00913. The number of aromatic amines is 1. The van der Waals surface area contributed by atoms with Gasteiger partial charge in [-0.2, -0.15) is 0 Å². The van der Waals surface area contributed by atoms with Crippen LogP contribution in [0.3, 0.4) is 0 Å². The summed E-state index contributed by atoms with van der Waals surface area (Å²) >= 11 is 0. The van der Waals surface area contributed by atoms with Crippen LogP contribution in [0.4, 0.5) is 0 Å². The predicted octanol–water partition coefficient (Wildman–Crippen LogP) is 1.59. The van der Waals surface area contributed by atoms with Crippen molar-refractivity contribution in [1.29, 1.82) is 0 Å². The summed E-state index contributed by atoms with van der Waals surface area (Å²) in [5.74, 6) is -0.158. The standard InChI is InChI=1S/C17H19N3O3/c21-16-8-3-7-15(19-16)17(22)20-10-4-6-14(11-20)23-12-13-5-1-2-9-18-13/h1-3,5,7-9,14H,4,6,10-12H2,(H,19,21)/t14-/m0/s1. The number of ether oxygens (including phenoxy) is 1. The van der Waals surface area contributed by atoms with E-state index in [2.05, 4.69) is 9.97 Å². The highest BCUT2D eigenvalue weighted by atomic mass is 16.5. The quantitative estimate of drug-likeness (QED) is 0.930. The predicted molar refractivity (Wildman–Crippen MR) is 85.0 cm³/mol. The van der Waals surface area contributed by atoms with E-state index in [1.54, 1.807) is 23.2 Å². The zero-order chi connectivity index (χ0) is 16.1. The molecular formula is C17H19N3O3. The van der Waals surface area contributed by atoms with E-state index >= 15 is 0 Å². The van der Waals surface area contributed by atoms with Crippen molar-refractivity contribution in [1.82, 2.24) is 14.9 Å². The molecule has 120 valence electrons. The Kier molecular flexibility index (Phi) is 4.83. The van der Waals surface area contributed by atoms with Crippen LogP contribution >= 0.6 is 0 Å². The van der Waals surface area contributed by atoms with Crippen molar-refractivity contribution in [3.8, 4) is 0 Å². The van der Waals surface area contributed by atoms with E-state index in [0.29, 0.717) is 25.4 Å². The minimum Gasteiger partial charge on any atom is -0.370 e. The van der Waals surface area contributed by atoms with Crippen molar-refractivity contribution < 1.29 is 9.53 Å². The van der Waals surface area contributed by atoms with Gasteiger partial charge < -0.3 is 14.6 Å². The highest BCUT2D eigenvalue weighted by Gasteiger charge is 2.25. The van der Waals surface area contributed by atoms with E-state index < -0.39 is 0 Å². The molecule has 6 nitrogen and oxygen atoms in total. The molecule has 3 rings (SSSR count).